The van der Waals surface area contributed by atoms with Crippen molar-refractivity contribution in [2.75, 3.05) is 10.5 Å². The Balaban J connectivity index is 2.05. The summed E-state index contributed by atoms with van der Waals surface area (Å²) >= 11 is 0. The predicted molar refractivity (Wildman–Crippen MR) is 89.7 cm³/mol. The average molecular weight is 388 g/mol. The Morgan fingerprint density at radius 1 is 1.19 bits per heavy atom. The number of hydrogen-bond acceptors (Lipinski definition) is 3. The Morgan fingerprint density at radius 2 is 1.88 bits per heavy atom. The Labute approximate surface area is 148 Å². The van der Waals surface area contributed by atoms with Crippen molar-refractivity contribution in [3.05, 3.63) is 46.9 Å². The van der Waals surface area contributed by atoms with E-state index in [1.807, 2.05) is 0 Å². The van der Waals surface area contributed by atoms with Gasteiger partial charge in [-0.3, -0.25) is 4.72 Å². The van der Waals surface area contributed by atoms with Crippen molar-refractivity contribution in [3.8, 4) is 11.1 Å². The minimum Gasteiger partial charge on any atom is -0.267 e. The van der Waals surface area contributed by atoms with Crippen LogP contribution < -0.4 is 4.72 Å². The fraction of sp³-hybridized carbons (Fsp3) is 0.353. The Kier molecular flexibility index (Phi) is 4.68. The van der Waals surface area contributed by atoms with Gasteiger partial charge in [-0.1, -0.05) is 6.07 Å². The van der Waals surface area contributed by atoms with Crippen LogP contribution >= 0.6 is 0 Å². The quantitative estimate of drug-likeness (QED) is 0.801. The number of rotatable bonds is 4. The topological polar surface area (TPSA) is 59.1 Å². The molecule has 9 heteroatoms. The number of hydrogen-bond donors (Lipinski definition) is 1. The molecule has 0 atom stereocenters. The van der Waals surface area contributed by atoms with Gasteiger partial charge < -0.3 is 0 Å². The van der Waals surface area contributed by atoms with E-state index in [1.54, 1.807) is 0 Å². The molecule has 0 aliphatic heterocycles. The second-order valence-electron chi connectivity index (χ2n) is 6.03. The lowest BCUT2D eigenvalue weighted by atomic mass is 9.98. The van der Waals surface area contributed by atoms with E-state index >= 15 is 0 Å². The van der Waals surface area contributed by atoms with Crippen LogP contribution in [0.1, 0.15) is 30.0 Å². The van der Waals surface area contributed by atoms with Crippen LogP contribution in [0, 0.1) is 5.82 Å². The summed E-state index contributed by atoms with van der Waals surface area (Å²) in [4.78, 5) is 4.13. The first kappa shape index (κ1) is 18.6. The summed E-state index contributed by atoms with van der Waals surface area (Å²) in [6.45, 7) is 1.50. The summed E-state index contributed by atoms with van der Waals surface area (Å²) in [5.74, 6) is -1.22. The molecule has 1 aromatic heterocycles. The monoisotopic (exact) mass is 388 g/mol. The fourth-order valence-corrected chi connectivity index (χ4v) is 3.67. The molecule has 0 saturated heterocycles. The third-order valence-electron chi connectivity index (χ3n) is 4.37. The molecule has 140 valence electrons. The molecule has 4 nitrogen and oxygen atoms in total. The highest BCUT2D eigenvalue weighted by molar-refractivity contribution is 7.92. The van der Waals surface area contributed by atoms with Crippen LogP contribution in [0.25, 0.3) is 11.1 Å². The second-order valence-corrected chi connectivity index (χ2v) is 8.04. The second kappa shape index (κ2) is 6.53. The molecule has 26 heavy (non-hydrogen) atoms. The van der Waals surface area contributed by atoms with Crippen LogP contribution in [0.4, 0.5) is 23.4 Å². The predicted octanol–water partition coefficient (Wildman–Crippen LogP) is 4.16. The van der Waals surface area contributed by atoms with Crippen molar-refractivity contribution < 1.29 is 26.0 Å². The van der Waals surface area contributed by atoms with Crippen LogP contribution in [0.15, 0.2) is 24.4 Å². The third-order valence-corrected chi connectivity index (χ3v) is 5.63. The summed E-state index contributed by atoms with van der Waals surface area (Å²) < 4.78 is 78.1. The van der Waals surface area contributed by atoms with Crippen LogP contribution in [0.5, 0.6) is 0 Å². The van der Waals surface area contributed by atoms with Gasteiger partial charge in [-0.2, -0.15) is 13.2 Å². The SMILES string of the molecule is CCS(=O)(=O)Nc1ncc(-c2ccc(C(F)(F)F)c(F)c2)c2c1CCC2. The number of alkyl halides is 3. The van der Waals surface area contributed by atoms with Gasteiger partial charge in [0.1, 0.15) is 11.6 Å². The number of aromatic nitrogens is 1. The van der Waals surface area contributed by atoms with E-state index in [0.717, 1.165) is 18.1 Å². The van der Waals surface area contributed by atoms with Gasteiger partial charge in [0.2, 0.25) is 10.0 Å². The molecule has 0 saturated carbocycles. The number of anilines is 1. The number of nitrogens with one attached hydrogen (secondary N) is 1. The van der Waals surface area contributed by atoms with Crippen LogP contribution in [-0.4, -0.2) is 19.2 Å². The molecule has 0 bridgehead atoms. The third kappa shape index (κ3) is 3.53. The molecular formula is C17H16F4N2O2S. The number of halogens is 4. The van der Waals surface area contributed by atoms with Crippen LogP contribution in [0.2, 0.25) is 0 Å². The molecule has 1 N–H and O–H groups in total. The summed E-state index contributed by atoms with van der Waals surface area (Å²) in [5, 5.41) is 0. The number of nitrogens with zero attached hydrogens (tertiary/aromatic N) is 1. The Bertz CT molecular complexity index is 956. The van der Waals surface area contributed by atoms with Gasteiger partial charge in [0.25, 0.3) is 0 Å². The van der Waals surface area contributed by atoms with Crippen molar-refractivity contribution in [2.45, 2.75) is 32.4 Å². The molecular weight excluding hydrogens is 372 g/mol. The number of fused-ring (bicyclic) bond motifs is 1. The van der Waals surface area contributed by atoms with Crippen molar-refractivity contribution in [3.63, 3.8) is 0 Å². The molecule has 0 unspecified atom stereocenters. The van der Waals surface area contributed by atoms with Gasteiger partial charge in [-0.25, -0.2) is 17.8 Å². The Hall–Kier alpha value is -2.16. The maximum Gasteiger partial charge on any atom is 0.419 e. The maximum atomic E-state index is 13.9. The maximum absolute atomic E-state index is 13.9. The molecule has 0 amide bonds. The molecule has 1 aromatic carbocycles. The summed E-state index contributed by atoms with van der Waals surface area (Å²) in [7, 11) is -3.50. The highest BCUT2D eigenvalue weighted by Gasteiger charge is 2.34. The van der Waals surface area contributed by atoms with Gasteiger partial charge in [-0.15, -0.1) is 0 Å². The van der Waals surface area contributed by atoms with E-state index in [9.17, 15) is 26.0 Å². The fourth-order valence-electron chi connectivity index (χ4n) is 3.06. The van der Waals surface area contributed by atoms with E-state index in [-0.39, 0.29) is 17.1 Å². The highest BCUT2D eigenvalue weighted by atomic mass is 32.2. The van der Waals surface area contributed by atoms with Gasteiger partial charge >= 0.3 is 6.18 Å². The molecule has 0 fully saturated rings. The van der Waals surface area contributed by atoms with Crippen LogP contribution in [0.3, 0.4) is 0 Å². The summed E-state index contributed by atoms with van der Waals surface area (Å²) in [6.07, 6.45) is -1.40. The molecule has 1 aliphatic carbocycles. The molecule has 0 spiro atoms. The first-order valence-corrected chi connectivity index (χ1v) is 9.66. The lowest BCUT2D eigenvalue weighted by Gasteiger charge is -2.15. The molecule has 1 heterocycles. The van der Waals surface area contributed by atoms with Crippen molar-refractivity contribution in [2.24, 2.45) is 0 Å². The molecule has 1 aliphatic rings. The molecule has 3 rings (SSSR count). The van der Waals surface area contributed by atoms with Gasteiger partial charge in [0, 0.05) is 11.8 Å². The normalized spacial score (nSPS) is 14.3. The van der Waals surface area contributed by atoms with Gasteiger partial charge in [-0.05, 0) is 55.0 Å². The number of pyridine rings is 1. The zero-order valence-corrected chi connectivity index (χ0v) is 14.6. The van der Waals surface area contributed by atoms with E-state index < -0.39 is 27.6 Å². The summed E-state index contributed by atoms with van der Waals surface area (Å²) in [6, 6.07) is 2.76. The lowest BCUT2D eigenvalue weighted by molar-refractivity contribution is -0.139. The van der Waals surface area contributed by atoms with Crippen molar-refractivity contribution in [1.29, 1.82) is 0 Å². The minimum absolute atomic E-state index is 0.102. The standard InChI is InChI=1S/C17H16F4N2O2S/c1-2-26(24,25)23-16-12-5-3-4-11(12)13(9-22-16)10-6-7-14(15(18)8-10)17(19,20)21/h6-9H,2-5H2,1H3,(H,22,23). The van der Waals surface area contributed by atoms with E-state index in [0.29, 0.717) is 30.0 Å². The van der Waals surface area contributed by atoms with Gasteiger partial charge in [0.05, 0.1) is 11.3 Å². The highest BCUT2D eigenvalue weighted by Crippen LogP contribution is 2.38. The lowest BCUT2D eigenvalue weighted by Crippen LogP contribution is -2.17. The number of benzene rings is 1. The van der Waals surface area contributed by atoms with Gasteiger partial charge in [0.15, 0.2) is 0 Å². The zero-order chi connectivity index (χ0) is 19.1. The van der Waals surface area contributed by atoms with Crippen molar-refractivity contribution in [1.82, 2.24) is 4.98 Å². The van der Waals surface area contributed by atoms with E-state index in [1.165, 1.54) is 19.2 Å². The first-order valence-electron chi connectivity index (χ1n) is 8.00. The van der Waals surface area contributed by atoms with Crippen LogP contribution in [-0.2, 0) is 29.0 Å². The molecule has 0 radical (unpaired) electrons. The minimum atomic E-state index is -4.76. The van der Waals surface area contributed by atoms with E-state index in [2.05, 4.69) is 9.71 Å². The van der Waals surface area contributed by atoms with E-state index in [4.69, 9.17) is 0 Å². The molecule has 2 aromatic rings. The largest absolute Gasteiger partial charge is 0.419 e. The zero-order valence-electron chi connectivity index (χ0n) is 13.8. The van der Waals surface area contributed by atoms with Crippen molar-refractivity contribution >= 4 is 15.8 Å². The first-order chi connectivity index (χ1) is 12.1. The summed E-state index contributed by atoms with van der Waals surface area (Å²) in [5.41, 5.74) is 0.974. The smallest absolute Gasteiger partial charge is 0.267 e. The number of sulfonamides is 1. The Morgan fingerprint density at radius 3 is 2.50 bits per heavy atom. The average Bonchev–Trinajstić information content (AvgIpc) is 3.03.